The molecular formula is C10H15IN2O2. The molecule has 1 N–H and O–H groups in total. The van der Waals surface area contributed by atoms with Crippen molar-refractivity contribution in [1.82, 2.24) is 10.3 Å². The maximum absolute atomic E-state index is 11.8. The third-order valence-electron chi connectivity index (χ3n) is 2.24. The Labute approximate surface area is 103 Å². The van der Waals surface area contributed by atoms with Gasteiger partial charge in [-0.2, -0.15) is 0 Å². The van der Waals surface area contributed by atoms with E-state index in [9.17, 15) is 4.79 Å². The summed E-state index contributed by atoms with van der Waals surface area (Å²) < 4.78 is 5.91. The number of nitrogens with zero attached hydrogens (tertiary/aromatic N) is 1. The van der Waals surface area contributed by atoms with Crippen LogP contribution in [0.5, 0.6) is 0 Å². The fraction of sp³-hybridized carbons (Fsp3) is 0.600. The molecule has 0 bridgehead atoms. The molecule has 0 saturated carbocycles. The van der Waals surface area contributed by atoms with Gasteiger partial charge in [0.15, 0.2) is 6.39 Å². The van der Waals surface area contributed by atoms with E-state index in [0.717, 1.165) is 4.43 Å². The molecule has 15 heavy (non-hydrogen) atoms. The Balaban J connectivity index is 2.67. The van der Waals surface area contributed by atoms with Crippen LogP contribution >= 0.6 is 22.6 Å². The van der Waals surface area contributed by atoms with E-state index < -0.39 is 0 Å². The standard InChI is InChI=1S/C10H15IN2O2/c1-6(2)8(4-11)13-10(14)9-7(3)12-5-15-9/h5-6,8H,4H2,1-3H3,(H,13,14). The summed E-state index contributed by atoms with van der Waals surface area (Å²) in [5, 5.41) is 2.93. The minimum absolute atomic E-state index is 0.169. The SMILES string of the molecule is Cc1ncoc1C(=O)NC(CI)C(C)C. The second-order valence-electron chi connectivity index (χ2n) is 3.75. The first kappa shape index (κ1) is 12.5. The summed E-state index contributed by atoms with van der Waals surface area (Å²) >= 11 is 2.26. The Hall–Kier alpha value is -0.590. The van der Waals surface area contributed by atoms with Crippen LogP contribution < -0.4 is 5.32 Å². The number of amides is 1. The smallest absolute Gasteiger partial charge is 0.289 e. The van der Waals surface area contributed by atoms with Gasteiger partial charge in [-0.3, -0.25) is 4.79 Å². The molecule has 0 aliphatic carbocycles. The third kappa shape index (κ3) is 3.19. The molecule has 84 valence electrons. The molecule has 0 aromatic carbocycles. The highest BCUT2D eigenvalue weighted by atomic mass is 127. The molecule has 1 amide bonds. The predicted molar refractivity (Wildman–Crippen MR) is 66.2 cm³/mol. The average molecular weight is 322 g/mol. The third-order valence-corrected chi connectivity index (χ3v) is 3.19. The maximum atomic E-state index is 11.8. The van der Waals surface area contributed by atoms with Gasteiger partial charge in [-0.15, -0.1) is 0 Å². The van der Waals surface area contributed by atoms with Crippen LogP contribution in [0.15, 0.2) is 10.8 Å². The van der Waals surface area contributed by atoms with Gasteiger partial charge in [0.25, 0.3) is 5.91 Å². The summed E-state index contributed by atoms with van der Waals surface area (Å²) in [5.74, 6) is 0.542. The van der Waals surface area contributed by atoms with Gasteiger partial charge < -0.3 is 9.73 Å². The molecule has 0 aliphatic rings. The molecule has 1 atom stereocenters. The Bertz CT molecular complexity index is 336. The largest absolute Gasteiger partial charge is 0.438 e. The summed E-state index contributed by atoms with van der Waals surface area (Å²) in [4.78, 5) is 15.6. The molecule has 1 heterocycles. The average Bonchev–Trinajstić information content (AvgIpc) is 2.60. The lowest BCUT2D eigenvalue weighted by Gasteiger charge is -2.19. The van der Waals surface area contributed by atoms with Crippen molar-refractivity contribution in [3.63, 3.8) is 0 Å². The van der Waals surface area contributed by atoms with Crippen molar-refractivity contribution >= 4 is 28.5 Å². The Morgan fingerprint density at radius 3 is 2.73 bits per heavy atom. The van der Waals surface area contributed by atoms with Crippen molar-refractivity contribution < 1.29 is 9.21 Å². The van der Waals surface area contributed by atoms with Gasteiger partial charge in [0.1, 0.15) is 0 Å². The van der Waals surface area contributed by atoms with Crippen LogP contribution in [0.4, 0.5) is 0 Å². The number of hydrogen-bond donors (Lipinski definition) is 1. The van der Waals surface area contributed by atoms with Gasteiger partial charge in [0.2, 0.25) is 5.76 Å². The number of aromatic nitrogens is 1. The number of hydrogen-bond acceptors (Lipinski definition) is 3. The second kappa shape index (κ2) is 5.48. The fourth-order valence-corrected chi connectivity index (χ4v) is 2.37. The van der Waals surface area contributed by atoms with E-state index in [1.54, 1.807) is 6.92 Å². The quantitative estimate of drug-likeness (QED) is 0.683. The number of alkyl halides is 1. The molecule has 1 rings (SSSR count). The summed E-state index contributed by atoms with van der Waals surface area (Å²) in [6, 6.07) is 0.169. The van der Waals surface area contributed by atoms with Gasteiger partial charge in [-0.05, 0) is 12.8 Å². The van der Waals surface area contributed by atoms with Crippen LogP contribution in [0.2, 0.25) is 0 Å². The lowest BCUT2D eigenvalue weighted by Crippen LogP contribution is -2.39. The van der Waals surface area contributed by atoms with Crippen LogP contribution in [0.1, 0.15) is 30.1 Å². The normalized spacial score (nSPS) is 12.9. The first-order chi connectivity index (χ1) is 7.06. The van der Waals surface area contributed by atoms with Crippen LogP contribution in [-0.4, -0.2) is 21.4 Å². The number of oxazole rings is 1. The van der Waals surface area contributed by atoms with Crippen molar-refractivity contribution in [3.8, 4) is 0 Å². The molecule has 0 aliphatic heterocycles. The van der Waals surface area contributed by atoms with Crippen molar-refractivity contribution in [2.45, 2.75) is 26.8 Å². The minimum atomic E-state index is -0.180. The highest BCUT2D eigenvalue weighted by molar-refractivity contribution is 14.1. The van der Waals surface area contributed by atoms with Crippen LogP contribution in [-0.2, 0) is 0 Å². The molecule has 1 aromatic heterocycles. The first-order valence-corrected chi connectivity index (χ1v) is 6.35. The molecule has 4 nitrogen and oxygen atoms in total. The van der Waals surface area contributed by atoms with E-state index in [1.165, 1.54) is 6.39 Å². The summed E-state index contributed by atoms with van der Waals surface area (Å²) in [7, 11) is 0. The number of nitrogens with one attached hydrogen (secondary N) is 1. The number of halogens is 1. The summed E-state index contributed by atoms with van der Waals surface area (Å²) in [6.07, 6.45) is 1.29. The molecular weight excluding hydrogens is 307 g/mol. The van der Waals surface area contributed by atoms with Crippen molar-refractivity contribution in [3.05, 3.63) is 17.8 Å². The number of carbonyl (C=O) groups is 1. The van der Waals surface area contributed by atoms with Gasteiger partial charge in [-0.25, -0.2) is 4.98 Å². The fourth-order valence-electron chi connectivity index (χ4n) is 1.14. The number of aryl methyl sites for hydroxylation is 1. The van der Waals surface area contributed by atoms with E-state index >= 15 is 0 Å². The van der Waals surface area contributed by atoms with E-state index in [4.69, 9.17) is 4.42 Å². The van der Waals surface area contributed by atoms with E-state index in [2.05, 4.69) is 46.7 Å². The van der Waals surface area contributed by atoms with Crippen molar-refractivity contribution in [1.29, 1.82) is 0 Å². The number of rotatable bonds is 4. The Morgan fingerprint density at radius 1 is 1.67 bits per heavy atom. The molecule has 5 heteroatoms. The lowest BCUT2D eigenvalue weighted by molar-refractivity contribution is 0.0903. The Morgan fingerprint density at radius 2 is 2.33 bits per heavy atom. The minimum Gasteiger partial charge on any atom is -0.438 e. The molecule has 0 radical (unpaired) electrons. The molecule has 1 aromatic rings. The highest BCUT2D eigenvalue weighted by Crippen LogP contribution is 2.09. The van der Waals surface area contributed by atoms with Gasteiger partial charge >= 0.3 is 0 Å². The molecule has 0 spiro atoms. The van der Waals surface area contributed by atoms with Gasteiger partial charge in [0.05, 0.1) is 5.69 Å². The predicted octanol–water partition coefficient (Wildman–Crippen LogP) is 2.17. The summed E-state index contributed by atoms with van der Waals surface area (Å²) in [6.45, 7) is 5.92. The topological polar surface area (TPSA) is 55.1 Å². The zero-order valence-corrected chi connectivity index (χ0v) is 11.2. The van der Waals surface area contributed by atoms with Gasteiger partial charge in [-0.1, -0.05) is 36.4 Å². The van der Waals surface area contributed by atoms with Crippen molar-refractivity contribution in [2.75, 3.05) is 4.43 Å². The van der Waals surface area contributed by atoms with Crippen LogP contribution in [0, 0.1) is 12.8 Å². The molecule has 0 fully saturated rings. The molecule has 0 saturated heterocycles. The highest BCUT2D eigenvalue weighted by Gasteiger charge is 2.19. The first-order valence-electron chi connectivity index (χ1n) is 4.83. The lowest BCUT2D eigenvalue weighted by atomic mass is 10.1. The van der Waals surface area contributed by atoms with Gasteiger partial charge in [0, 0.05) is 10.5 Å². The van der Waals surface area contributed by atoms with Crippen LogP contribution in [0.3, 0.4) is 0 Å². The van der Waals surface area contributed by atoms with E-state index in [0.29, 0.717) is 17.4 Å². The second-order valence-corrected chi connectivity index (χ2v) is 4.63. The molecule has 1 unspecified atom stereocenters. The maximum Gasteiger partial charge on any atom is 0.289 e. The zero-order chi connectivity index (χ0) is 11.4. The monoisotopic (exact) mass is 322 g/mol. The van der Waals surface area contributed by atoms with Crippen molar-refractivity contribution in [2.24, 2.45) is 5.92 Å². The van der Waals surface area contributed by atoms with Crippen LogP contribution in [0.25, 0.3) is 0 Å². The zero-order valence-electron chi connectivity index (χ0n) is 9.08. The van der Waals surface area contributed by atoms with E-state index in [1.807, 2.05) is 0 Å². The van der Waals surface area contributed by atoms with E-state index in [-0.39, 0.29) is 11.9 Å². The number of carbonyl (C=O) groups excluding carboxylic acids is 1. The Kier molecular flexibility index (Phi) is 4.56. The summed E-state index contributed by atoms with van der Waals surface area (Å²) in [5.41, 5.74) is 0.628.